The van der Waals surface area contributed by atoms with Crippen molar-refractivity contribution in [2.24, 2.45) is 0 Å². The molecule has 0 N–H and O–H groups in total. The Kier molecular flexibility index (Phi) is 4.77. The predicted octanol–water partition coefficient (Wildman–Crippen LogP) is 4.20. The lowest BCUT2D eigenvalue weighted by molar-refractivity contribution is -0.156. The maximum Gasteiger partial charge on any atom is 0.336 e. The molecule has 0 saturated heterocycles. The molecule has 3 heteroatoms. The highest BCUT2D eigenvalue weighted by molar-refractivity contribution is 5.87. The van der Waals surface area contributed by atoms with Gasteiger partial charge in [-0.1, -0.05) is 49.0 Å². The molecule has 0 spiro atoms. The van der Waals surface area contributed by atoms with Crippen LogP contribution in [0.1, 0.15) is 13.8 Å². The Hall–Kier alpha value is -2.55. The van der Waals surface area contributed by atoms with Gasteiger partial charge in [0.1, 0.15) is 5.75 Å². The highest BCUT2D eigenvalue weighted by Gasteiger charge is 2.11. The molecule has 0 saturated carbocycles. The van der Waals surface area contributed by atoms with E-state index in [4.69, 9.17) is 9.47 Å². The van der Waals surface area contributed by atoms with Crippen LogP contribution in [-0.4, -0.2) is 12.3 Å². The molecule has 1 unspecified atom stereocenters. The highest BCUT2D eigenvalue weighted by atomic mass is 16.7. The van der Waals surface area contributed by atoms with Crippen LogP contribution in [0.3, 0.4) is 0 Å². The number of hydrogen-bond acceptors (Lipinski definition) is 3. The SMILES string of the molecule is C=C(C)C(=O)OC(C)Oc1cccc(-c2ccccc2)c1. The molecule has 0 aliphatic carbocycles. The first kappa shape index (κ1) is 14.9. The standard InChI is InChI=1S/C18H18O3/c1-13(2)18(19)21-14(3)20-17-11-7-10-16(12-17)15-8-5-4-6-9-15/h4-12,14H,1H2,2-3H3. The zero-order valence-electron chi connectivity index (χ0n) is 12.2. The van der Waals surface area contributed by atoms with Gasteiger partial charge in [0, 0.05) is 12.5 Å². The third kappa shape index (κ3) is 4.21. The lowest BCUT2D eigenvalue weighted by Crippen LogP contribution is -2.21. The molecule has 0 aliphatic heterocycles. The van der Waals surface area contributed by atoms with E-state index in [2.05, 4.69) is 6.58 Å². The lowest BCUT2D eigenvalue weighted by Gasteiger charge is -2.16. The minimum absolute atomic E-state index is 0.350. The fraction of sp³-hybridized carbons (Fsp3) is 0.167. The monoisotopic (exact) mass is 282 g/mol. The maximum absolute atomic E-state index is 11.4. The first-order chi connectivity index (χ1) is 10.1. The summed E-state index contributed by atoms with van der Waals surface area (Å²) in [5.74, 6) is 0.195. The van der Waals surface area contributed by atoms with Crippen LogP contribution < -0.4 is 4.74 Å². The van der Waals surface area contributed by atoms with Crippen LogP contribution in [0.4, 0.5) is 0 Å². The number of ether oxygens (including phenoxy) is 2. The Morgan fingerprint density at radius 1 is 1.05 bits per heavy atom. The van der Waals surface area contributed by atoms with Crippen molar-refractivity contribution in [1.82, 2.24) is 0 Å². The van der Waals surface area contributed by atoms with Crippen LogP contribution in [0.2, 0.25) is 0 Å². The van der Waals surface area contributed by atoms with E-state index in [1.165, 1.54) is 0 Å². The normalized spacial score (nSPS) is 11.5. The van der Waals surface area contributed by atoms with E-state index in [0.29, 0.717) is 11.3 Å². The summed E-state index contributed by atoms with van der Waals surface area (Å²) in [7, 11) is 0. The Labute approximate surface area is 124 Å². The Morgan fingerprint density at radius 3 is 2.38 bits per heavy atom. The fourth-order valence-electron chi connectivity index (χ4n) is 1.85. The Balaban J connectivity index is 2.08. The summed E-state index contributed by atoms with van der Waals surface area (Å²) in [6, 6.07) is 17.7. The third-order valence-corrected chi connectivity index (χ3v) is 2.86. The number of rotatable bonds is 5. The van der Waals surface area contributed by atoms with Crippen LogP contribution in [0.15, 0.2) is 66.7 Å². The number of hydrogen-bond donors (Lipinski definition) is 0. The lowest BCUT2D eigenvalue weighted by atomic mass is 10.1. The second-order valence-electron chi connectivity index (χ2n) is 4.76. The Bertz CT molecular complexity index is 632. The summed E-state index contributed by atoms with van der Waals surface area (Å²) in [5, 5.41) is 0. The van der Waals surface area contributed by atoms with Gasteiger partial charge in [-0.25, -0.2) is 4.79 Å². The van der Waals surface area contributed by atoms with E-state index in [0.717, 1.165) is 11.1 Å². The molecule has 1 atom stereocenters. The summed E-state index contributed by atoms with van der Waals surface area (Å²) in [5.41, 5.74) is 2.50. The van der Waals surface area contributed by atoms with Crippen molar-refractivity contribution in [2.45, 2.75) is 20.1 Å². The first-order valence-electron chi connectivity index (χ1n) is 6.75. The number of esters is 1. The molecule has 0 heterocycles. The van der Waals surface area contributed by atoms with Gasteiger partial charge in [0.15, 0.2) is 0 Å². The third-order valence-electron chi connectivity index (χ3n) is 2.86. The summed E-state index contributed by atoms with van der Waals surface area (Å²) in [6.07, 6.45) is -0.666. The van der Waals surface area contributed by atoms with Gasteiger partial charge >= 0.3 is 5.97 Å². The number of carbonyl (C=O) groups is 1. The second kappa shape index (κ2) is 6.75. The average Bonchev–Trinajstić information content (AvgIpc) is 2.48. The van der Waals surface area contributed by atoms with E-state index in [-0.39, 0.29) is 0 Å². The maximum atomic E-state index is 11.4. The molecule has 0 bridgehead atoms. The van der Waals surface area contributed by atoms with Crippen molar-refractivity contribution in [3.63, 3.8) is 0 Å². The number of benzene rings is 2. The predicted molar refractivity (Wildman–Crippen MR) is 82.9 cm³/mol. The molecule has 3 nitrogen and oxygen atoms in total. The molecule has 108 valence electrons. The van der Waals surface area contributed by atoms with Crippen molar-refractivity contribution in [2.75, 3.05) is 0 Å². The van der Waals surface area contributed by atoms with Crippen LogP contribution in [-0.2, 0) is 9.53 Å². The molecular weight excluding hydrogens is 264 g/mol. The summed E-state index contributed by atoms with van der Waals surface area (Å²) in [4.78, 5) is 11.4. The van der Waals surface area contributed by atoms with Crippen LogP contribution in [0.25, 0.3) is 11.1 Å². The fourth-order valence-corrected chi connectivity index (χ4v) is 1.85. The van der Waals surface area contributed by atoms with Gasteiger partial charge in [0.2, 0.25) is 6.29 Å². The molecule has 0 aliphatic rings. The van der Waals surface area contributed by atoms with E-state index >= 15 is 0 Å². The van der Waals surface area contributed by atoms with Crippen molar-refractivity contribution in [1.29, 1.82) is 0 Å². The molecular formula is C18H18O3. The van der Waals surface area contributed by atoms with E-state index in [9.17, 15) is 4.79 Å². The van der Waals surface area contributed by atoms with E-state index in [1.54, 1.807) is 13.8 Å². The zero-order chi connectivity index (χ0) is 15.2. The van der Waals surface area contributed by atoms with E-state index in [1.807, 2.05) is 54.6 Å². The summed E-state index contributed by atoms with van der Waals surface area (Å²) < 4.78 is 10.7. The van der Waals surface area contributed by atoms with Gasteiger partial charge in [0.25, 0.3) is 0 Å². The molecule has 2 aromatic carbocycles. The van der Waals surface area contributed by atoms with Crippen molar-refractivity contribution in [3.8, 4) is 16.9 Å². The molecule has 2 aromatic rings. The molecule has 0 fully saturated rings. The molecule has 21 heavy (non-hydrogen) atoms. The average molecular weight is 282 g/mol. The zero-order valence-corrected chi connectivity index (χ0v) is 12.2. The van der Waals surface area contributed by atoms with Crippen LogP contribution in [0, 0.1) is 0 Å². The van der Waals surface area contributed by atoms with Crippen LogP contribution in [0.5, 0.6) is 5.75 Å². The second-order valence-corrected chi connectivity index (χ2v) is 4.76. The van der Waals surface area contributed by atoms with Crippen molar-refractivity contribution >= 4 is 5.97 Å². The van der Waals surface area contributed by atoms with E-state index < -0.39 is 12.3 Å². The smallest absolute Gasteiger partial charge is 0.336 e. The quantitative estimate of drug-likeness (QED) is 0.468. The van der Waals surface area contributed by atoms with Crippen molar-refractivity contribution < 1.29 is 14.3 Å². The van der Waals surface area contributed by atoms with Gasteiger partial charge in [-0.2, -0.15) is 0 Å². The molecule has 2 rings (SSSR count). The van der Waals surface area contributed by atoms with Gasteiger partial charge in [0.05, 0.1) is 0 Å². The van der Waals surface area contributed by atoms with Gasteiger partial charge in [-0.05, 0) is 30.2 Å². The summed E-state index contributed by atoms with van der Waals surface area (Å²) >= 11 is 0. The minimum Gasteiger partial charge on any atom is -0.455 e. The van der Waals surface area contributed by atoms with Crippen molar-refractivity contribution in [3.05, 3.63) is 66.7 Å². The molecule has 0 aromatic heterocycles. The Morgan fingerprint density at radius 2 is 1.71 bits per heavy atom. The highest BCUT2D eigenvalue weighted by Crippen LogP contribution is 2.24. The molecule has 0 radical (unpaired) electrons. The van der Waals surface area contributed by atoms with Crippen LogP contribution >= 0.6 is 0 Å². The largest absolute Gasteiger partial charge is 0.455 e. The number of carbonyl (C=O) groups excluding carboxylic acids is 1. The minimum atomic E-state index is -0.666. The van der Waals surface area contributed by atoms with Gasteiger partial charge in [-0.3, -0.25) is 0 Å². The summed E-state index contributed by atoms with van der Waals surface area (Å²) in [6.45, 7) is 6.82. The first-order valence-corrected chi connectivity index (χ1v) is 6.75. The topological polar surface area (TPSA) is 35.5 Å². The van der Waals surface area contributed by atoms with Gasteiger partial charge < -0.3 is 9.47 Å². The molecule has 0 amide bonds. The van der Waals surface area contributed by atoms with Gasteiger partial charge in [-0.15, -0.1) is 0 Å².